The first kappa shape index (κ1) is 12.3. The molecule has 3 N–H and O–H groups in total. The van der Waals surface area contributed by atoms with Gasteiger partial charge in [0, 0.05) is 6.04 Å². The van der Waals surface area contributed by atoms with Gasteiger partial charge in [0.15, 0.2) is 0 Å². The Morgan fingerprint density at radius 3 is 2.82 bits per heavy atom. The fourth-order valence-corrected chi connectivity index (χ4v) is 2.84. The molecule has 0 heterocycles. The van der Waals surface area contributed by atoms with Crippen molar-refractivity contribution in [3.63, 3.8) is 0 Å². The highest BCUT2D eigenvalue weighted by Crippen LogP contribution is 2.37. The molecule has 0 radical (unpaired) electrons. The Kier molecular flexibility index (Phi) is 3.32. The van der Waals surface area contributed by atoms with E-state index in [9.17, 15) is 0 Å². The van der Waals surface area contributed by atoms with Crippen molar-refractivity contribution in [3.05, 3.63) is 23.8 Å². The molecule has 1 aliphatic carbocycles. The van der Waals surface area contributed by atoms with Gasteiger partial charge in [-0.3, -0.25) is 0 Å². The molecule has 0 aromatic heterocycles. The van der Waals surface area contributed by atoms with Gasteiger partial charge in [-0.25, -0.2) is 0 Å². The fraction of sp³-hybridized carbons (Fsp3) is 0.600. The van der Waals surface area contributed by atoms with Crippen LogP contribution in [-0.2, 0) is 0 Å². The summed E-state index contributed by atoms with van der Waals surface area (Å²) >= 11 is 0. The van der Waals surface area contributed by atoms with Gasteiger partial charge in [0.1, 0.15) is 0 Å². The minimum Gasteiger partial charge on any atom is -0.397 e. The molecule has 0 amide bonds. The van der Waals surface area contributed by atoms with Crippen LogP contribution in [0.25, 0.3) is 0 Å². The van der Waals surface area contributed by atoms with Crippen molar-refractivity contribution in [3.8, 4) is 0 Å². The molecular formula is C15H24N2. The molecule has 1 saturated carbocycles. The minimum absolute atomic E-state index is 0.467. The number of nitrogens with one attached hydrogen (secondary N) is 1. The van der Waals surface area contributed by atoms with E-state index in [4.69, 9.17) is 5.73 Å². The average Bonchev–Trinajstić information content (AvgIpc) is 2.22. The van der Waals surface area contributed by atoms with E-state index in [-0.39, 0.29) is 0 Å². The first-order valence-electron chi connectivity index (χ1n) is 6.59. The van der Waals surface area contributed by atoms with E-state index >= 15 is 0 Å². The number of rotatable bonds is 2. The quantitative estimate of drug-likeness (QED) is 0.757. The van der Waals surface area contributed by atoms with Crippen molar-refractivity contribution in [2.75, 3.05) is 11.1 Å². The topological polar surface area (TPSA) is 38.0 Å². The standard InChI is InChI=1S/C15H24N2/c1-11-6-7-13(16)14(9-11)17-12-5-4-8-15(2,3)10-12/h6-7,9,12,17H,4-5,8,10,16H2,1-3H3. The number of nitrogen functional groups attached to an aromatic ring is 1. The van der Waals surface area contributed by atoms with Crippen LogP contribution in [0.3, 0.4) is 0 Å². The van der Waals surface area contributed by atoms with Gasteiger partial charge in [0.2, 0.25) is 0 Å². The molecule has 17 heavy (non-hydrogen) atoms. The van der Waals surface area contributed by atoms with Crippen molar-refractivity contribution in [2.45, 2.75) is 52.5 Å². The summed E-state index contributed by atoms with van der Waals surface area (Å²) in [5.41, 5.74) is 9.70. The molecule has 1 aromatic carbocycles. The second-order valence-corrected chi connectivity index (χ2v) is 6.19. The second-order valence-electron chi connectivity index (χ2n) is 6.19. The van der Waals surface area contributed by atoms with E-state index in [0.717, 1.165) is 11.4 Å². The SMILES string of the molecule is Cc1ccc(N)c(NC2CCCC(C)(C)C2)c1. The zero-order valence-electron chi connectivity index (χ0n) is 11.2. The lowest BCUT2D eigenvalue weighted by atomic mass is 9.75. The highest BCUT2D eigenvalue weighted by Gasteiger charge is 2.27. The molecule has 1 fully saturated rings. The maximum atomic E-state index is 6.01. The van der Waals surface area contributed by atoms with E-state index in [1.807, 2.05) is 6.07 Å². The Morgan fingerprint density at radius 1 is 1.35 bits per heavy atom. The van der Waals surface area contributed by atoms with Gasteiger partial charge >= 0.3 is 0 Å². The summed E-state index contributed by atoms with van der Waals surface area (Å²) in [7, 11) is 0. The number of aryl methyl sites for hydroxylation is 1. The van der Waals surface area contributed by atoms with E-state index in [0.29, 0.717) is 11.5 Å². The molecule has 1 atom stereocenters. The van der Waals surface area contributed by atoms with Gasteiger partial charge in [0.05, 0.1) is 11.4 Å². The summed E-state index contributed by atoms with van der Waals surface area (Å²) in [4.78, 5) is 0. The fourth-order valence-electron chi connectivity index (χ4n) is 2.84. The van der Waals surface area contributed by atoms with Crippen molar-refractivity contribution >= 4 is 11.4 Å². The first-order valence-corrected chi connectivity index (χ1v) is 6.59. The number of benzene rings is 1. The highest BCUT2D eigenvalue weighted by molar-refractivity contribution is 5.67. The molecule has 94 valence electrons. The maximum absolute atomic E-state index is 6.01. The lowest BCUT2D eigenvalue weighted by Crippen LogP contribution is -2.32. The molecule has 0 aliphatic heterocycles. The largest absolute Gasteiger partial charge is 0.397 e. The molecule has 0 bridgehead atoms. The monoisotopic (exact) mass is 232 g/mol. The van der Waals surface area contributed by atoms with E-state index in [1.165, 1.54) is 31.2 Å². The maximum Gasteiger partial charge on any atom is 0.0578 e. The molecular weight excluding hydrogens is 208 g/mol. The lowest BCUT2D eigenvalue weighted by molar-refractivity contribution is 0.229. The minimum atomic E-state index is 0.467. The van der Waals surface area contributed by atoms with Crippen LogP contribution >= 0.6 is 0 Å². The normalized spacial score (nSPS) is 23.4. The average molecular weight is 232 g/mol. The van der Waals surface area contributed by atoms with E-state index in [1.54, 1.807) is 0 Å². The van der Waals surface area contributed by atoms with Crippen LogP contribution < -0.4 is 11.1 Å². The summed E-state index contributed by atoms with van der Waals surface area (Å²) in [6.45, 7) is 6.83. The number of anilines is 2. The van der Waals surface area contributed by atoms with Crippen LogP contribution in [0.15, 0.2) is 18.2 Å². The lowest BCUT2D eigenvalue weighted by Gasteiger charge is -2.36. The van der Waals surface area contributed by atoms with Gasteiger partial charge in [-0.2, -0.15) is 0 Å². The van der Waals surface area contributed by atoms with Crippen molar-refractivity contribution < 1.29 is 0 Å². The Labute approximate surface area is 105 Å². The molecule has 0 spiro atoms. The Bertz CT molecular complexity index is 396. The highest BCUT2D eigenvalue weighted by atomic mass is 14.9. The van der Waals surface area contributed by atoms with Crippen LogP contribution in [0, 0.1) is 12.3 Å². The molecule has 1 aromatic rings. The van der Waals surface area contributed by atoms with Crippen molar-refractivity contribution in [1.29, 1.82) is 0 Å². The Balaban J connectivity index is 2.07. The smallest absolute Gasteiger partial charge is 0.0578 e. The predicted molar refractivity (Wildman–Crippen MR) is 75.3 cm³/mol. The van der Waals surface area contributed by atoms with Gasteiger partial charge in [0.25, 0.3) is 0 Å². The Hall–Kier alpha value is -1.18. The summed E-state index contributed by atoms with van der Waals surface area (Å²) < 4.78 is 0. The number of nitrogens with two attached hydrogens (primary N) is 1. The van der Waals surface area contributed by atoms with Crippen LogP contribution in [0.1, 0.15) is 45.1 Å². The molecule has 2 nitrogen and oxygen atoms in total. The third kappa shape index (κ3) is 3.15. The first-order chi connectivity index (χ1) is 7.96. The van der Waals surface area contributed by atoms with E-state index in [2.05, 4.69) is 38.2 Å². The van der Waals surface area contributed by atoms with Gasteiger partial charge in [-0.15, -0.1) is 0 Å². The molecule has 2 rings (SSSR count). The van der Waals surface area contributed by atoms with Crippen LogP contribution in [0.5, 0.6) is 0 Å². The summed E-state index contributed by atoms with van der Waals surface area (Å²) in [6.07, 6.45) is 5.15. The van der Waals surface area contributed by atoms with Gasteiger partial charge in [-0.05, 0) is 49.3 Å². The van der Waals surface area contributed by atoms with Crippen molar-refractivity contribution in [2.24, 2.45) is 5.41 Å². The zero-order chi connectivity index (χ0) is 12.5. The van der Waals surface area contributed by atoms with Crippen LogP contribution in [0.2, 0.25) is 0 Å². The van der Waals surface area contributed by atoms with Crippen LogP contribution in [-0.4, -0.2) is 6.04 Å². The molecule has 1 aliphatic rings. The number of hydrogen-bond acceptors (Lipinski definition) is 2. The van der Waals surface area contributed by atoms with Gasteiger partial charge in [-0.1, -0.05) is 26.3 Å². The molecule has 2 heteroatoms. The predicted octanol–water partition coefficient (Wildman–Crippen LogP) is 3.96. The van der Waals surface area contributed by atoms with Crippen molar-refractivity contribution in [1.82, 2.24) is 0 Å². The van der Waals surface area contributed by atoms with E-state index < -0.39 is 0 Å². The van der Waals surface area contributed by atoms with Gasteiger partial charge < -0.3 is 11.1 Å². The number of hydrogen-bond donors (Lipinski definition) is 2. The summed E-state index contributed by atoms with van der Waals surface area (Å²) in [5.74, 6) is 0. The third-order valence-electron chi connectivity index (χ3n) is 3.77. The second kappa shape index (κ2) is 4.59. The Morgan fingerprint density at radius 2 is 2.12 bits per heavy atom. The summed E-state index contributed by atoms with van der Waals surface area (Å²) in [6, 6.07) is 6.77. The van der Waals surface area contributed by atoms with Crippen LogP contribution in [0.4, 0.5) is 11.4 Å². The summed E-state index contributed by atoms with van der Waals surface area (Å²) in [5, 5.41) is 3.62. The zero-order valence-corrected chi connectivity index (χ0v) is 11.2. The third-order valence-corrected chi connectivity index (χ3v) is 3.77. The molecule has 1 unspecified atom stereocenters. The molecule has 0 saturated heterocycles.